The number of nitrogens with zero attached hydrogens (tertiary/aromatic N) is 3. The van der Waals surface area contributed by atoms with Gasteiger partial charge in [-0.1, -0.05) is 72.8 Å². The van der Waals surface area contributed by atoms with E-state index < -0.39 is 0 Å². The molecule has 4 aromatic rings. The van der Waals surface area contributed by atoms with E-state index in [2.05, 4.69) is 17.0 Å². The molecule has 5 heteroatoms. The second kappa shape index (κ2) is 8.03. The van der Waals surface area contributed by atoms with Crippen LogP contribution in [0.2, 0.25) is 0 Å². The number of para-hydroxylation sites is 2. The number of nitro groups is 1. The van der Waals surface area contributed by atoms with E-state index in [-0.39, 0.29) is 17.4 Å². The molecule has 2 heterocycles. The van der Waals surface area contributed by atoms with Crippen LogP contribution in [0, 0.1) is 10.1 Å². The second-order valence-electron chi connectivity index (χ2n) is 7.71. The van der Waals surface area contributed by atoms with Crippen LogP contribution in [0.5, 0.6) is 0 Å². The Balaban J connectivity index is 1.65. The van der Waals surface area contributed by atoms with Gasteiger partial charge in [-0.05, 0) is 29.3 Å². The Morgan fingerprint density at radius 3 is 2.45 bits per heavy atom. The summed E-state index contributed by atoms with van der Waals surface area (Å²) in [6.45, 7) is 0.511. The number of hydrogen-bond acceptors (Lipinski definition) is 4. The molecule has 0 N–H and O–H groups in total. The minimum absolute atomic E-state index is 0.170. The van der Waals surface area contributed by atoms with Crippen molar-refractivity contribution in [3.8, 4) is 0 Å². The predicted octanol–water partition coefficient (Wildman–Crippen LogP) is 5.66. The lowest BCUT2D eigenvalue weighted by Crippen LogP contribution is -2.27. The van der Waals surface area contributed by atoms with Crippen molar-refractivity contribution in [1.82, 2.24) is 4.98 Å². The third-order valence-electron chi connectivity index (χ3n) is 5.71. The van der Waals surface area contributed by atoms with E-state index in [0.29, 0.717) is 6.54 Å². The maximum Gasteiger partial charge on any atom is 0.214 e. The van der Waals surface area contributed by atoms with Crippen molar-refractivity contribution in [2.75, 3.05) is 11.4 Å². The fourth-order valence-electron chi connectivity index (χ4n) is 4.27. The molecule has 0 bridgehead atoms. The molecule has 0 saturated heterocycles. The average molecular weight is 407 g/mol. The molecule has 5 rings (SSSR count). The van der Waals surface area contributed by atoms with Crippen LogP contribution in [0.25, 0.3) is 16.5 Å². The average Bonchev–Trinajstić information content (AvgIpc) is 2.80. The maximum absolute atomic E-state index is 11.6. The van der Waals surface area contributed by atoms with Gasteiger partial charge in [0.15, 0.2) is 0 Å². The minimum atomic E-state index is -0.355. The molecule has 0 aliphatic carbocycles. The summed E-state index contributed by atoms with van der Waals surface area (Å²) in [5.74, 6) is -0.355. The van der Waals surface area contributed by atoms with Gasteiger partial charge in [0.2, 0.25) is 6.54 Å². The Morgan fingerprint density at radius 2 is 1.61 bits per heavy atom. The van der Waals surface area contributed by atoms with Gasteiger partial charge in [0.25, 0.3) is 0 Å². The Morgan fingerprint density at radius 1 is 0.871 bits per heavy atom. The summed E-state index contributed by atoms with van der Waals surface area (Å²) in [6.07, 6.45) is 2.04. The van der Waals surface area contributed by atoms with Crippen LogP contribution >= 0.6 is 0 Å². The second-order valence-corrected chi connectivity index (χ2v) is 7.71. The van der Waals surface area contributed by atoms with Crippen molar-refractivity contribution < 1.29 is 4.92 Å². The van der Waals surface area contributed by atoms with Crippen LogP contribution in [0.15, 0.2) is 97.2 Å². The largest absolute Gasteiger partial charge is 0.343 e. The van der Waals surface area contributed by atoms with Crippen molar-refractivity contribution in [1.29, 1.82) is 0 Å². The number of anilines is 1. The molecule has 0 fully saturated rings. The number of benzene rings is 3. The molecule has 152 valence electrons. The molecular weight excluding hydrogens is 386 g/mol. The lowest BCUT2D eigenvalue weighted by Gasteiger charge is -2.33. The minimum Gasteiger partial charge on any atom is -0.343 e. The van der Waals surface area contributed by atoms with Crippen LogP contribution in [0.3, 0.4) is 0 Å². The van der Waals surface area contributed by atoms with E-state index in [1.807, 2.05) is 85.1 Å². The molecule has 5 nitrogen and oxygen atoms in total. The van der Waals surface area contributed by atoms with Crippen LogP contribution in [-0.2, 0) is 6.54 Å². The third-order valence-corrected chi connectivity index (χ3v) is 5.71. The molecular formula is C26H21N3O2. The Labute approximate surface area is 180 Å². The highest BCUT2D eigenvalue weighted by Gasteiger charge is 2.32. The smallest absolute Gasteiger partial charge is 0.214 e. The highest BCUT2D eigenvalue weighted by molar-refractivity contribution is 5.84. The summed E-state index contributed by atoms with van der Waals surface area (Å²) in [7, 11) is 0. The molecule has 0 radical (unpaired) electrons. The SMILES string of the molecule is O=[N+]([O-])C[C@@H]1C(c2ccc3ccccc3n2)=CN(Cc2ccccc2)c2ccccc21. The number of rotatable bonds is 5. The highest BCUT2D eigenvalue weighted by Crippen LogP contribution is 2.42. The predicted molar refractivity (Wildman–Crippen MR) is 123 cm³/mol. The van der Waals surface area contributed by atoms with E-state index in [1.165, 1.54) is 5.56 Å². The molecule has 0 spiro atoms. The first kappa shape index (κ1) is 19.0. The van der Waals surface area contributed by atoms with E-state index in [4.69, 9.17) is 4.98 Å². The summed E-state index contributed by atoms with van der Waals surface area (Å²) in [5, 5.41) is 12.6. The molecule has 0 unspecified atom stereocenters. The summed E-state index contributed by atoms with van der Waals surface area (Å²) in [6, 6.07) is 30.1. The van der Waals surface area contributed by atoms with Gasteiger partial charge in [0, 0.05) is 34.3 Å². The zero-order valence-electron chi connectivity index (χ0n) is 16.9. The fourth-order valence-corrected chi connectivity index (χ4v) is 4.27. The van der Waals surface area contributed by atoms with Gasteiger partial charge in [0.1, 0.15) is 0 Å². The van der Waals surface area contributed by atoms with Crippen LogP contribution in [0.1, 0.15) is 22.7 Å². The van der Waals surface area contributed by atoms with Crippen molar-refractivity contribution in [2.45, 2.75) is 12.5 Å². The van der Waals surface area contributed by atoms with Gasteiger partial charge in [-0.2, -0.15) is 0 Å². The number of hydrogen-bond donors (Lipinski definition) is 0. The first-order valence-corrected chi connectivity index (χ1v) is 10.3. The fraction of sp³-hybridized carbons (Fsp3) is 0.115. The molecule has 0 amide bonds. The normalized spacial score (nSPS) is 15.4. The van der Waals surface area contributed by atoms with Gasteiger partial charge < -0.3 is 4.90 Å². The monoisotopic (exact) mass is 407 g/mol. The molecule has 3 aromatic carbocycles. The zero-order valence-corrected chi connectivity index (χ0v) is 16.9. The van der Waals surface area contributed by atoms with Crippen molar-refractivity contribution in [3.05, 3.63) is 124 Å². The van der Waals surface area contributed by atoms with Crippen LogP contribution in [-0.4, -0.2) is 16.5 Å². The van der Waals surface area contributed by atoms with Gasteiger partial charge in [-0.3, -0.25) is 10.1 Å². The Bertz CT molecular complexity index is 1280. The van der Waals surface area contributed by atoms with Gasteiger partial charge in [-0.15, -0.1) is 0 Å². The molecule has 1 aliphatic rings. The molecule has 31 heavy (non-hydrogen) atoms. The van der Waals surface area contributed by atoms with E-state index >= 15 is 0 Å². The zero-order chi connectivity index (χ0) is 21.2. The standard InChI is InChI=1S/C26H21N3O2/c30-29(31)18-22-21-11-5-7-13-26(21)28(16-19-8-2-1-3-9-19)17-23(22)25-15-14-20-10-4-6-12-24(20)27-25/h1-15,17,22H,16,18H2/t22-/m0/s1. The van der Waals surface area contributed by atoms with Crippen LogP contribution in [0.4, 0.5) is 5.69 Å². The number of fused-ring (bicyclic) bond motifs is 2. The van der Waals surface area contributed by atoms with E-state index in [0.717, 1.165) is 33.4 Å². The van der Waals surface area contributed by atoms with Gasteiger partial charge in [-0.25, -0.2) is 4.98 Å². The van der Waals surface area contributed by atoms with Gasteiger partial charge >= 0.3 is 0 Å². The summed E-state index contributed by atoms with van der Waals surface area (Å²) in [5.41, 5.74) is 5.67. The third kappa shape index (κ3) is 3.78. The highest BCUT2D eigenvalue weighted by atomic mass is 16.6. The summed E-state index contributed by atoms with van der Waals surface area (Å²) in [4.78, 5) is 18.4. The Hall–Kier alpha value is -3.99. The van der Waals surface area contributed by atoms with Crippen molar-refractivity contribution in [3.63, 3.8) is 0 Å². The first-order valence-electron chi connectivity index (χ1n) is 10.3. The number of pyridine rings is 1. The van der Waals surface area contributed by atoms with E-state index in [9.17, 15) is 10.1 Å². The number of aromatic nitrogens is 1. The first-order chi connectivity index (χ1) is 15.2. The Kier molecular flexibility index (Phi) is 4.92. The lowest BCUT2D eigenvalue weighted by molar-refractivity contribution is -0.481. The molecule has 1 aliphatic heterocycles. The van der Waals surface area contributed by atoms with Crippen molar-refractivity contribution >= 4 is 22.2 Å². The summed E-state index contributed by atoms with van der Waals surface area (Å²) < 4.78 is 0. The molecule has 1 atom stereocenters. The lowest BCUT2D eigenvalue weighted by atomic mass is 9.85. The summed E-state index contributed by atoms with van der Waals surface area (Å²) >= 11 is 0. The van der Waals surface area contributed by atoms with Crippen molar-refractivity contribution in [2.24, 2.45) is 0 Å². The topological polar surface area (TPSA) is 59.3 Å². The van der Waals surface area contributed by atoms with E-state index in [1.54, 1.807) is 0 Å². The quantitative estimate of drug-likeness (QED) is 0.317. The molecule has 0 saturated carbocycles. The van der Waals surface area contributed by atoms with Gasteiger partial charge in [0.05, 0.1) is 17.1 Å². The maximum atomic E-state index is 11.6. The van der Waals surface area contributed by atoms with Crippen LogP contribution < -0.4 is 4.90 Å². The molecule has 1 aromatic heterocycles.